The molecule has 1 atom stereocenters. The standard InChI is InChI=1S/C14H21ClN2O/c1-17(8-6-14-11-18-9-7-16-14)10-12-2-4-13(15)5-3-12/h2-5,14,16H,6-11H2,1H3. The van der Waals surface area contributed by atoms with E-state index < -0.39 is 0 Å². The van der Waals surface area contributed by atoms with Crippen LogP contribution in [0.2, 0.25) is 5.02 Å². The van der Waals surface area contributed by atoms with Gasteiger partial charge in [-0.15, -0.1) is 0 Å². The Morgan fingerprint density at radius 1 is 1.39 bits per heavy atom. The summed E-state index contributed by atoms with van der Waals surface area (Å²) in [4.78, 5) is 2.33. The predicted octanol–water partition coefficient (Wildman–Crippen LogP) is 2.15. The Labute approximate surface area is 114 Å². The van der Waals surface area contributed by atoms with Crippen LogP contribution in [0, 0.1) is 0 Å². The summed E-state index contributed by atoms with van der Waals surface area (Å²) in [6.45, 7) is 4.70. The van der Waals surface area contributed by atoms with Gasteiger partial charge in [-0.05, 0) is 37.7 Å². The van der Waals surface area contributed by atoms with E-state index in [1.807, 2.05) is 12.1 Å². The fourth-order valence-electron chi connectivity index (χ4n) is 2.16. The van der Waals surface area contributed by atoms with E-state index in [2.05, 4.69) is 29.4 Å². The van der Waals surface area contributed by atoms with E-state index in [1.165, 1.54) is 5.56 Å². The molecule has 3 nitrogen and oxygen atoms in total. The largest absolute Gasteiger partial charge is 0.379 e. The van der Waals surface area contributed by atoms with Gasteiger partial charge in [-0.1, -0.05) is 23.7 Å². The van der Waals surface area contributed by atoms with Crippen molar-refractivity contribution >= 4 is 11.6 Å². The van der Waals surface area contributed by atoms with E-state index >= 15 is 0 Å². The van der Waals surface area contributed by atoms with Crippen molar-refractivity contribution in [3.8, 4) is 0 Å². The van der Waals surface area contributed by atoms with Gasteiger partial charge in [0.05, 0.1) is 13.2 Å². The van der Waals surface area contributed by atoms with Crippen molar-refractivity contribution < 1.29 is 4.74 Å². The van der Waals surface area contributed by atoms with Gasteiger partial charge in [0, 0.05) is 24.2 Å². The molecule has 1 heterocycles. The van der Waals surface area contributed by atoms with Crippen LogP contribution >= 0.6 is 11.6 Å². The van der Waals surface area contributed by atoms with E-state index in [-0.39, 0.29) is 0 Å². The predicted molar refractivity (Wildman–Crippen MR) is 75.0 cm³/mol. The number of morpholine rings is 1. The van der Waals surface area contributed by atoms with Crippen LogP contribution in [0.1, 0.15) is 12.0 Å². The molecule has 100 valence electrons. The number of nitrogens with one attached hydrogen (secondary N) is 1. The smallest absolute Gasteiger partial charge is 0.0620 e. The molecule has 2 rings (SSSR count). The minimum atomic E-state index is 0.506. The lowest BCUT2D eigenvalue weighted by Gasteiger charge is -2.26. The van der Waals surface area contributed by atoms with Crippen molar-refractivity contribution in [3.05, 3.63) is 34.9 Å². The molecule has 0 aliphatic carbocycles. The normalized spacial score (nSPS) is 20.3. The fraction of sp³-hybridized carbons (Fsp3) is 0.571. The molecule has 1 aliphatic heterocycles. The molecule has 1 N–H and O–H groups in total. The second kappa shape index (κ2) is 7.10. The first-order valence-electron chi connectivity index (χ1n) is 6.48. The maximum absolute atomic E-state index is 5.88. The van der Waals surface area contributed by atoms with Crippen LogP contribution in [0.3, 0.4) is 0 Å². The maximum Gasteiger partial charge on any atom is 0.0620 e. The number of halogens is 1. The lowest BCUT2D eigenvalue weighted by molar-refractivity contribution is 0.0708. The number of ether oxygens (including phenoxy) is 1. The van der Waals surface area contributed by atoms with Crippen LogP contribution in [0.5, 0.6) is 0 Å². The number of benzene rings is 1. The molecule has 1 unspecified atom stereocenters. The molecule has 0 bridgehead atoms. The summed E-state index contributed by atoms with van der Waals surface area (Å²) < 4.78 is 5.45. The molecule has 1 aromatic carbocycles. The van der Waals surface area contributed by atoms with Gasteiger partial charge < -0.3 is 15.0 Å². The van der Waals surface area contributed by atoms with Crippen molar-refractivity contribution in [2.24, 2.45) is 0 Å². The number of rotatable bonds is 5. The molecule has 0 saturated carbocycles. The Kier molecular flexibility index (Phi) is 5.45. The van der Waals surface area contributed by atoms with Gasteiger partial charge in [0.25, 0.3) is 0 Å². The zero-order valence-corrected chi connectivity index (χ0v) is 11.6. The van der Waals surface area contributed by atoms with Crippen LogP contribution in [0.15, 0.2) is 24.3 Å². The second-order valence-electron chi connectivity index (χ2n) is 4.88. The Bertz CT molecular complexity index is 349. The highest BCUT2D eigenvalue weighted by molar-refractivity contribution is 6.30. The van der Waals surface area contributed by atoms with Crippen LogP contribution in [-0.4, -0.2) is 44.3 Å². The number of nitrogens with zero attached hydrogens (tertiary/aromatic N) is 1. The third-order valence-corrected chi connectivity index (χ3v) is 3.48. The number of hydrogen-bond donors (Lipinski definition) is 1. The van der Waals surface area contributed by atoms with E-state index in [0.29, 0.717) is 6.04 Å². The fourth-order valence-corrected chi connectivity index (χ4v) is 2.29. The lowest BCUT2D eigenvalue weighted by Crippen LogP contribution is -2.42. The molecule has 1 fully saturated rings. The van der Waals surface area contributed by atoms with Gasteiger partial charge >= 0.3 is 0 Å². The van der Waals surface area contributed by atoms with E-state index in [9.17, 15) is 0 Å². The zero-order chi connectivity index (χ0) is 12.8. The minimum absolute atomic E-state index is 0.506. The summed E-state index contributed by atoms with van der Waals surface area (Å²) in [7, 11) is 2.15. The maximum atomic E-state index is 5.88. The molecule has 1 aromatic rings. The molecule has 4 heteroatoms. The third kappa shape index (κ3) is 4.58. The Balaban J connectivity index is 1.71. The SMILES string of the molecule is CN(CCC1COCCN1)Cc1ccc(Cl)cc1. The van der Waals surface area contributed by atoms with Crippen LogP contribution in [0.25, 0.3) is 0 Å². The van der Waals surface area contributed by atoms with Crippen molar-refractivity contribution in [3.63, 3.8) is 0 Å². The van der Waals surface area contributed by atoms with Crippen LogP contribution in [0.4, 0.5) is 0 Å². The average Bonchev–Trinajstić information content (AvgIpc) is 2.40. The topological polar surface area (TPSA) is 24.5 Å². The molecule has 1 saturated heterocycles. The van der Waals surface area contributed by atoms with E-state index in [0.717, 1.165) is 44.3 Å². The molecule has 0 radical (unpaired) electrons. The van der Waals surface area contributed by atoms with Crippen molar-refractivity contribution in [2.75, 3.05) is 33.4 Å². The second-order valence-corrected chi connectivity index (χ2v) is 5.32. The highest BCUT2D eigenvalue weighted by Gasteiger charge is 2.13. The van der Waals surface area contributed by atoms with E-state index in [4.69, 9.17) is 16.3 Å². The molecular weight excluding hydrogens is 248 g/mol. The van der Waals surface area contributed by atoms with Gasteiger partial charge in [-0.3, -0.25) is 0 Å². The first-order chi connectivity index (χ1) is 8.74. The zero-order valence-electron chi connectivity index (χ0n) is 10.9. The van der Waals surface area contributed by atoms with Gasteiger partial charge in [-0.2, -0.15) is 0 Å². The molecular formula is C14H21ClN2O. The van der Waals surface area contributed by atoms with Crippen molar-refractivity contribution in [1.29, 1.82) is 0 Å². The summed E-state index contributed by atoms with van der Waals surface area (Å²) in [5, 5.41) is 4.27. The van der Waals surface area contributed by atoms with Crippen molar-refractivity contribution in [2.45, 2.75) is 19.0 Å². The van der Waals surface area contributed by atoms with Crippen LogP contribution < -0.4 is 5.32 Å². The summed E-state index contributed by atoms with van der Waals surface area (Å²) in [5.41, 5.74) is 1.30. The Morgan fingerprint density at radius 3 is 2.83 bits per heavy atom. The summed E-state index contributed by atoms with van der Waals surface area (Å²) in [5.74, 6) is 0. The third-order valence-electron chi connectivity index (χ3n) is 3.22. The average molecular weight is 269 g/mol. The number of hydrogen-bond acceptors (Lipinski definition) is 3. The lowest BCUT2D eigenvalue weighted by atomic mass is 10.1. The highest BCUT2D eigenvalue weighted by atomic mass is 35.5. The monoisotopic (exact) mass is 268 g/mol. The molecule has 1 aliphatic rings. The van der Waals surface area contributed by atoms with Gasteiger partial charge in [0.1, 0.15) is 0 Å². The Hall–Kier alpha value is -0.610. The quantitative estimate of drug-likeness (QED) is 0.886. The summed E-state index contributed by atoms with van der Waals surface area (Å²) >= 11 is 5.88. The van der Waals surface area contributed by atoms with Gasteiger partial charge in [0.2, 0.25) is 0 Å². The molecule has 0 aromatic heterocycles. The van der Waals surface area contributed by atoms with Gasteiger partial charge in [0.15, 0.2) is 0 Å². The molecule has 18 heavy (non-hydrogen) atoms. The van der Waals surface area contributed by atoms with E-state index in [1.54, 1.807) is 0 Å². The summed E-state index contributed by atoms with van der Waals surface area (Å²) in [6, 6.07) is 8.57. The minimum Gasteiger partial charge on any atom is -0.379 e. The van der Waals surface area contributed by atoms with Gasteiger partial charge in [-0.25, -0.2) is 0 Å². The molecule has 0 spiro atoms. The summed E-state index contributed by atoms with van der Waals surface area (Å²) in [6.07, 6.45) is 1.13. The first kappa shape index (κ1) is 13.8. The Morgan fingerprint density at radius 2 is 2.17 bits per heavy atom. The highest BCUT2D eigenvalue weighted by Crippen LogP contribution is 2.11. The molecule has 0 amide bonds. The van der Waals surface area contributed by atoms with Crippen molar-refractivity contribution in [1.82, 2.24) is 10.2 Å². The van der Waals surface area contributed by atoms with Crippen LogP contribution in [-0.2, 0) is 11.3 Å². The first-order valence-corrected chi connectivity index (χ1v) is 6.86.